The van der Waals surface area contributed by atoms with E-state index in [1.54, 1.807) is 19.2 Å². The highest BCUT2D eigenvalue weighted by molar-refractivity contribution is 7.09. The summed E-state index contributed by atoms with van der Waals surface area (Å²) in [5, 5.41) is 14.3. The Hall–Kier alpha value is -2.61. The fourth-order valence-electron chi connectivity index (χ4n) is 2.12. The first kappa shape index (κ1) is 18.7. The molecule has 1 aromatic heterocycles. The minimum absolute atomic E-state index is 0.278. The van der Waals surface area contributed by atoms with Gasteiger partial charge in [-0.2, -0.15) is 0 Å². The van der Waals surface area contributed by atoms with E-state index in [4.69, 9.17) is 14.6 Å². The molecule has 0 spiro atoms. The second kappa shape index (κ2) is 7.98. The van der Waals surface area contributed by atoms with Gasteiger partial charge in [-0.25, -0.2) is 9.78 Å². The van der Waals surface area contributed by atoms with E-state index in [1.165, 1.54) is 23.5 Å². The van der Waals surface area contributed by atoms with Crippen LogP contribution in [0, 0.1) is 0 Å². The molecule has 7 nitrogen and oxygen atoms in total. The van der Waals surface area contributed by atoms with Gasteiger partial charge < -0.3 is 19.9 Å². The van der Waals surface area contributed by atoms with Crippen LogP contribution in [0.4, 0.5) is 0 Å². The predicted octanol–water partition coefficient (Wildman–Crippen LogP) is 2.67. The zero-order chi connectivity index (χ0) is 18.4. The molecule has 0 aliphatic carbocycles. The number of benzene rings is 1. The van der Waals surface area contributed by atoms with Crippen LogP contribution in [0.15, 0.2) is 29.8 Å². The summed E-state index contributed by atoms with van der Waals surface area (Å²) in [6, 6.07) is 4.63. The van der Waals surface area contributed by atoms with Gasteiger partial charge in [0.2, 0.25) is 0 Å². The molecule has 2 N–H and O–H groups in total. The molecule has 0 saturated heterocycles. The molecule has 2 aromatic rings. The van der Waals surface area contributed by atoms with Crippen LogP contribution in [0.25, 0.3) is 0 Å². The minimum atomic E-state index is -1.09. The number of nitrogens with one attached hydrogen (secondary N) is 1. The van der Waals surface area contributed by atoms with Gasteiger partial charge in [-0.05, 0) is 39.0 Å². The highest BCUT2D eigenvalue weighted by Gasteiger charge is 2.26. The molecule has 0 fully saturated rings. The van der Waals surface area contributed by atoms with Crippen molar-refractivity contribution in [1.82, 2.24) is 10.3 Å². The largest absolute Gasteiger partial charge is 0.490 e. The van der Waals surface area contributed by atoms with Crippen molar-refractivity contribution >= 4 is 23.2 Å². The van der Waals surface area contributed by atoms with E-state index in [0.29, 0.717) is 17.9 Å². The monoisotopic (exact) mass is 364 g/mol. The van der Waals surface area contributed by atoms with Crippen LogP contribution >= 0.6 is 11.3 Å². The smallest absolute Gasteiger partial charge is 0.341 e. The molecule has 8 heteroatoms. The second-order valence-corrected chi connectivity index (χ2v) is 6.59. The van der Waals surface area contributed by atoms with E-state index >= 15 is 0 Å². The number of nitrogens with zero attached hydrogens (tertiary/aromatic N) is 1. The van der Waals surface area contributed by atoms with Gasteiger partial charge >= 0.3 is 5.97 Å². The van der Waals surface area contributed by atoms with E-state index in [1.807, 2.05) is 19.2 Å². The van der Waals surface area contributed by atoms with Crippen molar-refractivity contribution in [2.75, 3.05) is 13.2 Å². The molecule has 134 valence electrons. The standard InChI is InChI=1S/C17H20N2O5S/c1-4-23-13-9-11(5-6-12(13)24-10-14(20)21)15(22)19-17(2,3)16-18-7-8-25-16/h5-9H,4,10H2,1-3H3,(H,19,22)(H,20,21). The molecule has 0 atom stereocenters. The van der Waals surface area contributed by atoms with Crippen LogP contribution in [0.5, 0.6) is 11.5 Å². The van der Waals surface area contributed by atoms with Crippen LogP contribution in [-0.4, -0.2) is 35.2 Å². The van der Waals surface area contributed by atoms with Gasteiger partial charge in [0.1, 0.15) is 5.01 Å². The van der Waals surface area contributed by atoms with Gasteiger partial charge in [-0.15, -0.1) is 11.3 Å². The second-order valence-electron chi connectivity index (χ2n) is 5.69. The van der Waals surface area contributed by atoms with Gasteiger partial charge in [-0.1, -0.05) is 0 Å². The average Bonchev–Trinajstić information content (AvgIpc) is 3.08. The molecular formula is C17H20N2O5S. The Morgan fingerprint density at radius 2 is 2.04 bits per heavy atom. The Bertz CT molecular complexity index is 744. The number of amides is 1. The Kier molecular flexibility index (Phi) is 5.97. The third kappa shape index (κ3) is 4.93. The van der Waals surface area contributed by atoms with Crippen LogP contribution in [0.1, 0.15) is 36.1 Å². The molecule has 25 heavy (non-hydrogen) atoms. The SMILES string of the molecule is CCOc1cc(C(=O)NC(C)(C)c2nccs2)ccc1OCC(=O)O. The molecule has 1 heterocycles. The predicted molar refractivity (Wildman–Crippen MR) is 93.3 cm³/mol. The zero-order valence-electron chi connectivity index (χ0n) is 14.2. The fourth-order valence-corrected chi connectivity index (χ4v) is 2.84. The number of hydrogen-bond donors (Lipinski definition) is 2. The molecule has 0 radical (unpaired) electrons. The minimum Gasteiger partial charge on any atom is -0.490 e. The summed E-state index contributed by atoms with van der Waals surface area (Å²) in [7, 11) is 0. The van der Waals surface area contributed by atoms with Gasteiger partial charge in [0.25, 0.3) is 5.91 Å². The molecule has 0 aliphatic heterocycles. The third-order valence-corrected chi connectivity index (χ3v) is 4.35. The van der Waals surface area contributed by atoms with Crippen molar-refractivity contribution in [2.24, 2.45) is 0 Å². The zero-order valence-corrected chi connectivity index (χ0v) is 15.1. The van der Waals surface area contributed by atoms with Crippen LogP contribution in [-0.2, 0) is 10.3 Å². The summed E-state index contributed by atoms with van der Waals surface area (Å²) >= 11 is 1.46. The fraction of sp³-hybridized carbons (Fsp3) is 0.353. The topological polar surface area (TPSA) is 97.8 Å². The molecule has 0 saturated carbocycles. The first-order chi connectivity index (χ1) is 11.8. The van der Waals surface area contributed by atoms with Gasteiger partial charge in [0, 0.05) is 17.1 Å². The summed E-state index contributed by atoms with van der Waals surface area (Å²) < 4.78 is 10.6. The number of aliphatic carboxylic acids is 1. The highest BCUT2D eigenvalue weighted by atomic mass is 32.1. The Morgan fingerprint density at radius 3 is 2.64 bits per heavy atom. The molecule has 1 amide bonds. The molecule has 0 bridgehead atoms. The number of carbonyl (C=O) groups is 2. The van der Waals surface area contributed by atoms with Crippen molar-refractivity contribution in [3.05, 3.63) is 40.3 Å². The Balaban J connectivity index is 2.19. The van der Waals surface area contributed by atoms with Crippen LogP contribution < -0.4 is 14.8 Å². The lowest BCUT2D eigenvalue weighted by molar-refractivity contribution is -0.139. The Labute approximate surface area is 149 Å². The highest BCUT2D eigenvalue weighted by Crippen LogP contribution is 2.29. The van der Waals surface area contributed by atoms with Crippen molar-refractivity contribution in [3.63, 3.8) is 0 Å². The lowest BCUT2D eigenvalue weighted by Gasteiger charge is -2.24. The number of carbonyl (C=O) groups excluding carboxylic acids is 1. The molecule has 0 aliphatic rings. The van der Waals surface area contributed by atoms with E-state index in [0.717, 1.165) is 5.01 Å². The third-order valence-electron chi connectivity index (χ3n) is 3.25. The van der Waals surface area contributed by atoms with Crippen molar-refractivity contribution in [3.8, 4) is 11.5 Å². The summed E-state index contributed by atoms with van der Waals surface area (Å²) in [5.41, 5.74) is -0.231. The van der Waals surface area contributed by atoms with Crippen LogP contribution in [0.3, 0.4) is 0 Å². The van der Waals surface area contributed by atoms with Gasteiger partial charge in [0.05, 0.1) is 12.1 Å². The summed E-state index contributed by atoms with van der Waals surface area (Å²) in [5.74, 6) is -0.774. The number of rotatable bonds is 8. The van der Waals surface area contributed by atoms with E-state index in [-0.39, 0.29) is 11.7 Å². The van der Waals surface area contributed by atoms with Crippen molar-refractivity contribution in [2.45, 2.75) is 26.3 Å². The van der Waals surface area contributed by atoms with Gasteiger partial charge in [-0.3, -0.25) is 4.79 Å². The van der Waals surface area contributed by atoms with Crippen LogP contribution in [0.2, 0.25) is 0 Å². The normalized spacial score (nSPS) is 11.0. The summed E-state index contributed by atoms with van der Waals surface area (Å²) in [6.45, 7) is 5.41. The molecule has 2 rings (SSSR count). The van der Waals surface area contributed by atoms with Crippen molar-refractivity contribution < 1.29 is 24.2 Å². The number of carboxylic acids is 1. The summed E-state index contributed by atoms with van der Waals surface area (Å²) in [4.78, 5) is 27.5. The summed E-state index contributed by atoms with van der Waals surface area (Å²) in [6.07, 6.45) is 1.69. The average molecular weight is 364 g/mol. The maximum absolute atomic E-state index is 12.6. The lowest BCUT2D eigenvalue weighted by atomic mass is 10.1. The maximum Gasteiger partial charge on any atom is 0.341 e. The molecular weight excluding hydrogens is 344 g/mol. The Morgan fingerprint density at radius 1 is 1.28 bits per heavy atom. The number of hydrogen-bond acceptors (Lipinski definition) is 6. The molecule has 1 aromatic carbocycles. The van der Waals surface area contributed by atoms with E-state index in [2.05, 4.69) is 10.3 Å². The number of thiazole rings is 1. The van der Waals surface area contributed by atoms with Gasteiger partial charge in [0.15, 0.2) is 18.1 Å². The number of carboxylic acid groups (broad SMARTS) is 1. The number of aromatic nitrogens is 1. The number of ether oxygens (including phenoxy) is 2. The maximum atomic E-state index is 12.6. The quantitative estimate of drug-likeness (QED) is 0.747. The van der Waals surface area contributed by atoms with E-state index in [9.17, 15) is 9.59 Å². The first-order valence-electron chi connectivity index (χ1n) is 7.67. The molecule has 0 unspecified atom stereocenters. The van der Waals surface area contributed by atoms with Crippen molar-refractivity contribution in [1.29, 1.82) is 0 Å². The first-order valence-corrected chi connectivity index (χ1v) is 8.55. The van der Waals surface area contributed by atoms with E-state index < -0.39 is 18.1 Å². The lowest BCUT2D eigenvalue weighted by Crippen LogP contribution is -2.40.